The number of carbonyl (C=O) groups is 1. The second-order valence-electron chi connectivity index (χ2n) is 6.61. The number of aliphatic hydroxyl groups excluding tert-OH is 1. The van der Waals surface area contributed by atoms with E-state index in [2.05, 4.69) is 31.5 Å². The lowest BCUT2D eigenvalue weighted by Gasteiger charge is -2.15. The van der Waals surface area contributed by atoms with E-state index in [4.69, 9.17) is 5.73 Å². The van der Waals surface area contributed by atoms with Crippen molar-refractivity contribution in [2.24, 2.45) is 0 Å². The van der Waals surface area contributed by atoms with Gasteiger partial charge in [-0.3, -0.25) is 4.79 Å². The van der Waals surface area contributed by atoms with Gasteiger partial charge in [0.15, 0.2) is 11.9 Å². The lowest BCUT2D eigenvalue weighted by Crippen LogP contribution is -2.35. The second-order valence-corrected chi connectivity index (χ2v) is 6.61. The van der Waals surface area contributed by atoms with E-state index in [1.165, 1.54) is 36.5 Å². The summed E-state index contributed by atoms with van der Waals surface area (Å²) in [6, 6.07) is 5.19. The first kappa shape index (κ1) is 22.8. The van der Waals surface area contributed by atoms with Gasteiger partial charge in [-0.2, -0.15) is 0 Å². The highest BCUT2D eigenvalue weighted by molar-refractivity contribution is 5.88. The Labute approximate surface area is 180 Å². The molecule has 11 heteroatoms. The summed E-state index contributed by atoms with van der Waals surface area (Å²) in [5.74, 6) is 3.80. The molecule has 0 bridgehead atoms. The van der Waals surface area contributed by atoms with Gasteiger partial charge in [0.25, 0.3) is 5.91 Å². The van der Waals surface area contributed by atoms with E-state index >= 15 is 0 Å². The third kappa shape index (κ3) is 5.22. The molecular weight excluding hydrogens is 427 g/mol. The first-order valence-electron chi connectivity index (χ1n) is 9.31. The monoisotopic (exact) mass is 445 g/mol. The van der Waals surface area contributed by atoms with Crippen molar-refractivity contribution in [3.8, 4) is 29.0 Å². The van der Waals surface area contributed by atoms with E-state index in [0.717, 1.165) is 6.07 Å². The van der Waals surface area contributed by atoms with E-state index in [1.807, 2.05) is 0 Å². The Balaban J connectivity index is 2.06. The molecule has 2 aromatic heterocycles. The SMILES string of the molecule is CCN(C)C(=O)[C@H](O)C#Cc1ccc(OC(F)(F)F)c(-c2ncc3ccnc(N)c3n2)c1. The zero-order valence-electron chi connectivity index (χ0n) is 17.0. The lowest BCUT2D eigenvalue weighted by atomic mass is 10.1. The molecule has 0 unspecified atom stereocenters. The molecule has 0 aliphatic heterocycles. The molecule has 1 atom stereocenters. The number of nitrogen functional groups attached to an aromatic ring is 1. The quantitative estimate of drug-likeness (QED) is 0.593. The van der Waals surface area contributed by atoms with Crippen LogP contribution in [0.2, 0.25) is 0 Å². The Morgan fingerprint density at radius 2 is 2.06 bits per heavy atom. The van der Waals surface area contributed by atoms with Crippen LogP contribution in [-0.4, -0.2) is 56.9 Å². The van der Waals surface area contributed by atoms with E-state index < -0.39 is 24.1 Å². The van der Waals surface area contributed by atoms with Gasteiger partial charge in [0.2, 0.25) is 0 Å². The summed E-state index contributed by atoms with van der Waals surface area (Å²) in [7, 11) is 1.51. The van der Waals surface area contributed by atoms with Crippen LogP contribution in [0, 0.1) is 11.8 Å². The Kier molecular flexibility index (Phi) is 6.45. The predicted molar refractivity (Wildman–Crippen MR) is 110 cm³/mol. The largest absolute Gasteiger partial charge is 0.573 e. The molecule has 3 aromatic rings. The number of hydrogen-bond donors (Lipinski definition) is 2. The van der Waals surface area contributed by atoms with Gasteiger partial charge in [-0.15, -0.1) is 13.2 Å². The number of nitrogens with two attached hydrogens (primary N) is 1. The minimum Gasteiger partial charge on any atom is -0.405 e. The number of rotatable bonds is 4. The van der Waals surface area contributed by atoms with Crippen LogP contribution in [-0.2, 0) is 4.79 Å². The van der Waals surface area contributed by atoms with Crippen LogP contribution in [0.15, 0.2) is 36.7 Å². The van der Waals surface area contributed by atoms with Crippen molar-refractivity contribution in [3.05, 3.63) is 42.2 Å². The van der Waals surface area contributed by atoms with Crippen molar-refractivity contribution in [2.45, 2.75) is 19.4 Å². The molecule has 0 saturated carbocycles. The maximum Gasteiger partial charge on any atom is 0.573 e. The molecule has 0 saturated heterocycles. The highest BCUT2D eigenvalue weighted by atomic mass is 19.4. The molecule has 0 radical (unpaired) electrons. The Morgan fingerprint density at radius 3 is 2.75 bits per heavy atom. The van der Waals surface area contributed by atoms with Crippen LogP contribution in [0.25, 0.3) is 22.3 Å². The van der Waals surface area contributed by atoms with Gasteiger partial charge in [0.05, 0.1) is 5.56 Å². The van der Waals surface area contributed by atoms with Crippen molar-refractivity contribution in [1.29, 1.82) is 0 Å². The Hall–Kier alpha value is -3.91. The number of aliphatic hydroxyl groups is 1. The van der Waals surface area contributed by atoms with E-state index in [0.29, 0.717) is 11.9 Å². The highest BCUT2D eigenvalue weighted by Gasteiger charge is 2.32. The van der Waals surface area contributed by atoms with Crippen molar-refractivity contribution in [1.82, 2.24) is 19.9 Å². The summed E-state index contributed by atoms with van der Waals surface area (Å²) in [5.41, 5.74) is 6.18. The van der Waals surface area contributed by atoms with Crippen molar-refractivity contribution in [2.75, 3.05) is 19.3 Å². The van der Waals surface area contributed by atoms with Crippen LogP contribution in [0.5, 0.6) is 5.75 Å². The molecule has 0 aliphatic carbocycles. The van der Waals surface area contributed by atoms with Gasteiger partial charge in [0.1, 0.15) is 17.1 Å². The molecule has 1 aromatic carbocycles. The topological polar surface area (TPSA) is 114 Å². The molecule has 0 aliphatic rings. The van der Waals surface area contributed by atoms with Crippen LogP contribution >= 0.6 is 0 Å². The summed E-state index contributed by atoms with van der Waals surface area (Å²) in [4.78, 5) is 25.5. The van der Waals surface area contributed by atoms with Gasteiger partial charge in [0, 0.05) is 36.9 Å². The van der Waals surface area contributed by atoms with Gasteiger partial charge >= 0.3 is 6.36 Å². The average Bonchev–Trinajstić information content (AvgIpc) is 2.76. The van der Waals surface area contributed by atoms with Crippen molar-refractivity contribution in [3.63, 3.8) is 0 Å². The van der Waals surface area contributed by atoms with Crippen LogP contribution in [0.1, 0.15) is 12.5 Å². The van der Waals surface area contributed by atoms with Crippen LogP contribution in [0.4, 0.5) is 19.0 Å². The number of likely N-dealkylation sites (N-methyl/N-ethyl adjacent to an activating group) is 1. The molecule has 32 heavy (non-hydrogen) atoms. The minimum absolute atomic E-state index is 0.0852. The highest BCUT2D eigenvalue weighted by Crippen LogP contribution is 2.33. The van der Waals surface area contributed by atoms with Gasteiger partial charge < -0.3 is 20.5 Å². The third-order valence-corrected chi connectivity index (χ3v) is 4.41. The summed E-state index contributed by atoms with van der Waals surface area (Å²) in [6.45, 7) is 2.11. The number of ether oxygens (including phenoxy) is 1. The molecule has 0 fully saturated rings. The third-order valence-electron chi connectivity index (χ3n) is 4.41. The van der Waals surface area contributed by atoms with Crippen LogP contribution < -0.4 is 10.5 Å². The van der Waals surface area contributed by atoms with E-state index in [-0.39, 0.29) is 28.3 Å². The molecule has 1 amide bonds. The number of nitrogens with zero attached hydrogens (tertiary/aromatic N) is 4. The maximum absolute atomic E-state index is 12.9. The summed E-state index contributed by atoms with van der Waals surface area (Å²) in [5, 5.41) is 10.5. The molecule has 0 spiro atoms. The first-order valence-corrected chi connectivity index (χ1v) is 9.31. The van der Waals surface area contributed by atoms with E-state index in [1.54, 1.807) is 13.0 Å². The number of pyridine rings is 1. The normalized spacial score (nSPS) is 12.1. The molecule has 8 nitrogen and oxygen atoms in total. The molecular formula is C21H18F3N5O3. The first-order chi connectivity index (χ1) is 15.1. The number of carbonyl (C=O) groups excluding carboxylic acids is 1. The zero-order valence-corrected chi connectivity index (χ0v) is 17.0. The predicted octanol–water partition coefficient (Wildman–Crippen LogP) is 2.36. The van der Waals surface area contributed by atoms with E-state index in [9.17, 15) is 23.1 Å². The minimum atomic E-state index is -4.95. The van der Waals surface area contributed by atoms with Gasteiger partial charge in [-0.1, -0.05) is 11.8 Å². The number of fused-ring (bicyclic) bond motifs is 1. The number of halogens is 3. The van der Waals surface area contributed by atoms with Crippen molar-refractivity contribution < 1.29 is 27.8 Å². The molecule has 166 valence electrons. The Morgan fingerprint density at radius 1 is 1.31 bits per heavy atom. The number of benzene rings is 1. The molecule has 2 heterocycles. The molecule has 3 N–H and O–H groups in total. The van der Waals surface area contributed by atoms with Gasteiger partial charge in [-0.25, -0.2) is 15.0 Å². The standard InChI is InChI=1S/C21H18F3N5O3/c1-3-29(2)20(31)15(30)6-4-12-5-7-16(32-21(22,23)24)14(10-12)19-27-11-13-8-9-26-18(25)17(13)28-19/h5,7-11,15,30H,3H2,1-2H3,(H2,25,26)/t15-/m1/s1. The number of hydrogen-bond acceptors (Lipinski definition) is 7. The van der Waals surface area contributed by atoms with Gasteiger partial charge in [-0.05, 0) is 31.2 Å². The summed E-state index contributed by atoms with van der Waals surface area (Å²) >= 11 is 0. The fourth-order valence-electron chi connectivity index (χ4n) is 2.68. The van der Waals surface area contributed by atoms with Crippen LogP contribution in [0.3, 0.4) is 0 Å². The Bertz CT molecular complexity index is 1220. The summed E-state index contributed by atoms with van der Waals surface area (Å²) < 4.78 is 42.8. The zero-order chi connectivity index (χ0) is 23.5. The maximum atomic E-state index is 12.9. The summed E-state index contributed by atoms with van der Waals surface area (Å²) in [6.07, 6.45) is -3.68. The number of anilines is 1. The average molecular weight is 445 g/mol. The smallest absolute Gasteiger partial charge is 0.405 e. The second kappa shape index (κ2) is 9.07. The number of alkyl halides is 3. The number of aromatic nitrogens is 3. The fourth-order valence-corrected chi connectivity index (χ4v) is 2.68. The van der Waals surface area contributed by atoms with Crippen molar-refractivity contribution >= 4 is 22.6 Å². The fraction of sp³-hybridized carbons (Fsp3) is 0.238. The lowest BCUT2D eigenvalue weighted by molar-refractivity contribution is -0.274. The molecule has 3 rings (SSSR count). The number of amides is 1.